The van der Waals surface area contributed by atoms with Crippen molar-refractivity contribution < 1.29 is 29.0 Å². The molecule has 2 heterocycles. The number of aromatic amines is 1. The smallest absolute Gasteiger partial charge is 0.352 e. The van der Waals surface area contributed by atoms with Gasteiger partial charge in [0.05, 0.1) is 26.2 Å². The van der Waals surface area contributed by atoms with Gasteiger partial charge in [0.15, 0.2) is 0 Å². The first kappa shape index (κ1) is 42.2. The first-order chi connectivity index (χ1) is 23.9. The number of hydrogen-bond donors (Lipinski definition) is 3. The van der Waals surface area contributed by atoms with E-state index in [0.29, 0.717) is 47.8 Å². The standard InChI is InChI=1S/C39H61N5O6/c1-10-14-20-44(9)35(46)21-28(23-40)37-30(16-17-36(47)49-12-3)26(7)34(43-37)22-33-27(8)31(24-45)32(42-33)18-19-41-38(39(48)50-13-4)29(15-11-2)25(5)6/h18-19,22-23,25-26,29-30,42,45H,10-17,20-21,24,40H2,1-9H3/b19-18-,28-23-,34-22-,41-38?/t26-,29-,30-/m0/s1. The molecule has 1 aromatic heterocycles. The highest BCUT2D eigenvalue weighted by Gasteiger charge is 2.35. The Morgan fingerprint density at radius 1 is 1.10 bits per heavy atom. The predicted octanol–water partition coefficient (Wildman–Crippen LogP) is 6.74. The van der Waals surface area contributed by atoms with Gasteiger partial charge in [-0.2, -0.15) is 0 Å². The molecule has 2 rings (SSSR count). The molecule has 0 radical (unpaired) electrons. The number of nitrogens with one attached hydrogen (secondary N) is 1. The molecule has 1 aliphatic heterocycles. The quantitative estimate of drug-likeness (QED) is 0.101. The molecule has 0 spiro atoms. The molecule has 0 unspecified atom stereocenters. The number of aromatic nitrogens is 1. The highest BCUT2D eigenvalue weighted by Crippen LogP contribution is 2.38. The molecule has 0 saturated carbocycles. The van der Waals surface area contributed by atoms with Crippen LogP contribution in [0.2, 0.25) is 0 Å². The van der Waals surface area contributed by atoms with Crippen molar-refractivity contribution in [3.63, 3.8) is 0 Å². The van der Waals surface area contributed by atoms with E-state index in [2.05, 4.69) is 44.6 Å². The largest absolute Gasteiger partial charge is 0.466 e. The van der Waals surface area contributed by atoms with Gasteiger partial charge in [-0.3, -0.25) is 19.6 Å². The van der Waals surface area contributed by atoms with Gasteiger partial charge in [-0.15, -0.1) is 0 Å². The summed E-state index contributed by atoms with van der Waals surface area (Å²) in [7, 11) is 1.80. The number of unbranched alkanes of at least 4 members (excludes halogenated alkanes) is 1. The Morgan fingerprint density at radius 2 is 1.80 bits per heavy atom. The van der Waals surface area contributed by atoms with Crippen molar-refractivity contribution in [2.75, 3.05) is 26.8 Å². The molecule has 0 saturated heterocycles. The SMILES string of the molecule is CCCCN(C)C(=O)C/C(=C/N)C1=N/C(=C\c2[nH]c(/C=C\N=C(C(=O)OCC)[C@@H](CCC)C(C)C)c(CO)c2C)[C@@H](C)[C@@H]1CCC(=O)OCC. The maximum Gasteiger partial charge on any atom is 0.352 e. The van der Waals surface area contributed by atoms with Gasteiger partial charge in [0, 0.05) is 72.3 Å². The minimum Gasteiger partial charge on any atom is -0.466 e. The van der Waals surface area contributed by atoms with Crippen LogP contribution in [0, 0.1) is 30.6 Å². The van der Waals surface area contributed by atoms with Crippen molar-refractivity contribution in [1.29, 1.82) is 0 Å². The van der Waals surface area contributed by atoms with Crippen LogP contribution < -0.4 is 5.73 Å². The number of aliphatic hydroxyl groups is 1. The van der Waals surface area contributed by atoms with E-state index in [1.165, 1.54) is 6.20 Å². The fraction of sp³-hybridized carbons (Fsp3) is 0.615. The number of amides is 1. The predicted molar refractivity (Wildman–Crippen MR) is 201 cm³/mol. The summed E-state index contributed by atoms with van der Waals surface area (Å²) in [5.41, 5.74) is 11.6. The summed E-state index contributed by atoms with van der Waals surface area (Å²) in [6.07, 6.45) is 11.2. The Bertz CT molecular complexity index is 1450. The van der Waals surface area contributed by atoms with E-state index in [1.807, 2.05) is 13.0 Å². The number of carbonyl (C=O) groups excluding carboxylic acids is 3. The fourth-order valence-corrected chi connectivity index (χ4v) is 6.30. The Hall–Kier alpha value is -3.99. The average molecular weight is 696 g/mol. The van der Waals surface area contributed by atoms with Gasteiger partial charge in [-0.05, 0) is 75.4 Å². The topological polar surface area (TPSA) is 160 Å². The summed E-state index contributed by atoms with van der Waals surface area (Å²) in [6.45, 7) is 16.9. The van der Waals surface area contributed by atoms with Gasteiger partial charge in [0.1, 0.15) is 5.71 Å². The van der Waals surface area contributed by atoms with E-state index in [-0.39, 0.29) is 61.6 Å². The minimum absolute atomic E-state index is 0.0421. The molecule has 0 aromatic carbocycles. The monoisotopic (exact) mass is 695 g/mol. The number of aliphatic hydroxyl groups excluding tert-OH is 1. The normalized spacial score (nSPS) is 18.2. The van der Waals surface area contributed by atoms with E-state index in [9.17, 15) is 19.5 Å². The molecular weight excluding hydrogens is 634 g/mol. The van der Waals surface area contributed by atoms with Crippen LogP contribution in [-0.4, -0.2) is 71.1 Å². The van der Waals surface area contributed by atoms with Gasteiger partial charge in [0.2, 0.25) is 5.91 Å². The Kier molecular flexibility index (Phi) is 17.9. The molecule has 3 atom stereocenters. The van der Waals surface area contributed by atoms with E-state index in [1.54, 1.807) is 38.1 Å². The zero-order valence-electron chi connectivity index (χ0n) is 31.8. The van der Waals surface area contributed by atoms with E-state index in [4.69, 9.17) is 20.2 Å². The molecule has 1 aromatic rings. The lowest BCUT2D eigenvalue weighted by atomic mass is 9.83. The summed E-state index contributed by atoms with van der Waals surface area (Å²) in [5.74, 6) is -0.823. The zero-order chi connectivity index (χ0) is 37.4. The Balaban J connectivity index is 2.55. The second kappa shape index (κ2) is 21.3. The van der Waals surface area contributed by atoms with E-state index in [0.717, 1.165) is 42.6 Å². The minimum atomic E-state index is -0.415. The highest BCUT2D eigenvalue weighted by molar-refractivity contribution is 6.37. The van der Waals surface area contributed by atoms with Gasteiger partial charge in [-0.25, -0.2) is 4.79 Å². The lowest BCUT2D eigenvalue weighted by Crippen LogP contribution is -2.30. The van der Waals surface area contributed by atoms with Crippen LogP contribution in [-0.2, 0) is 30.5 Å². The molecule has 4 N–H and O–H groups in total. The average Bonchev–Trinajstić information content (AvgIpc) is 3.56. The van der Waals surface area contributed by atoms with Crippen LogP contribution in [0.5, 0.6) is 0 Å². The molecule has 0 fully saturated rings. The summed E-state index contributed by atoms with van der Waals surface area (Å²) < 4.78 is 10.5. The van der Waals surface area contributed by atoms with Crippen molar-refractivity contribution >= 4 is 41.4 Å². The van der Waals surface area contributed by atoms with Crippen molar-refractivity contribution in [3.8, 4) is 0 Å². The fourth-order valence-electron chi connectivity index (χ4n) is 6.30. The van der Waals surface area contributed by atoms with Crippen LogP contribution in [0.15, 0.2) is 33.7 Å². The van der Waals surface area contributed by atoms with Gasteiger partial charge < -0.3 is 30.2 Å². The summed E-state index contributed by atoms with van der Waals surface area (Å²) in [6, 6.07) is 0. The van der Waals surface area contributed by atoms with Gasteiger partial charge in [-0.1, -0.05) is 47.5 Å². The molecule has 50 heavy (non-hydrogen) atoms. The molecular formula is C39H61N5O6. The van der Waals surface area contributed by atoms with Crippen LogP contribution in [0.3, 0.4) is 0 Å². The first-order valence-corrected chi connectivity index (χ1v) is 18.2. The van der Waals surface area contributed by atoms with Crippen molar-refractivity contribution in [2.24, 2.45) is 39.4 Å². The van der Waals surface area contributed by atoms with Crippen LogP contribution in [0.4, 0.5) is 0 Å². The molecule has 11 heteroatoms. The molecule has 1 aliphatic rings. The summed E-state index contributed by atoms with van der Waals surface area (Å²) in [4.78, 5) is 53.1. The molecule has 0 bridgehead atoms. The molecule has 1 amide bonds. The maximum absolute atomic E-state index is 13.1. The first-order valence-electron chi connectivity index (χ1n) is 18.2. The number of ether oxygens (including phenoxy) is 2. The number of nitrogens with zero attached hydrogens (tertiary/aromatic N) is 3. The molecule has 0 aliphatic carbocycles. The van der Waals surface area contributed by atoms with Crippen molar-refractivity contribution in [1.82, 2.24) is 9.88 Å². The third kappa shape index (κ3) is 11.5. The number of allylic oxidation sites excluding steroid dienone is 1. The van der Waals surface area contributed by atoms with Crippen LogP contribution >= 0.6 is 0 Å². The number of rotatable bonds is 20. The highest BCUT2D eigenvalue weighted by atomic mass is 16.5. The second-order valence-corrected chi connectivity index (χ2v) is 13.2. The zero-order valence-corrected chi connectivity index (χ0v) is 31.8. The second-order valence-electron chi connectivity index (χ2n) is 13.2. The van der Waals surface area contributed by atoms with E-state index >= 15 is 0 Å². The van der Waals surface area contributed by atoms with Crippen molar-refractivity contribution in [3.05, 3.63) is 46.2 Å². The van der Waals surface area contributed by atoms with Crippen molar-refractivity contribution in [2.45, 2.75) is 107 Å². The van der Waals surface area contributed by atoms with Gasteiger partial charge in [0.25, 0.3) is 0 Å². The Labute approximate surface area is 299 Å². The van der Waals surface area contributed by atoms with Gasteiger partial charge >= 0.3 is 11.9 Å². The lowest BCUT2D eigenvalue weighted by Gasteiger charge is -2.21. The van der Waals surface area contributed by atoms with Crippen LogP contribution in [0.25, 0.3) is 12.2 Å². The number of carbonyl (C=O) groups is 3. The summed E-state index contributed by atoms with van der Waals surface area (Å²) in [5, 5.41) is 10.3. The third-order valence-corrected chi connectivity index (χ3v) is 9.38. The molecule has 278 valence electrons. The third-order valence-electron chi connectivity index (χ3n) is 9.38. The number of esters is 2. The van der Waals surface area contributed by atoms with Crippen LogP contribution in [0.1, 0.15) is 116 Å². The number of nitrogens with two attached hydrogens (primary N) is 1. The molecule has 11 nitrogen and oxygen atoms in total. The number of hydrogen-bond acceptors (Lipinski definition) is 9. The number of H-pyrrole nitrogens is 1. The number of aliphatic imine (C=N–C) groups is 2. The maximum atomic E-state index is 13.1. The summed E-state index contributed by atoms with van der Waals surface area (Å²) >= 11 is 0. The lowest BCUT2D eigenvalue weighted by molar-refractivity contribution is -0.143. The Morgan fingerprint density at radius 3 is 2.38 bits per heavy atom. The van der Waals surface area contributed by atoms with E-state index < -0.39 is 5.97 Å².